The third-order valence-electron chi connectivity index (χ3n) is 11.6. The molecule has 17 heteroatoms. The van der Waals surface area contributed by atoms with Crippen molar-refractivity contribution in [1.29, 1.82) is 0 Å². The van der Waals surface area contributed by atoms with Crippen molar-refractivity contribution in [1.82, 2.24) is 0 Å². The van der Waals surface area contributed by atoms with E-state index in [-0.39, 0.29) is 26.2 Å². The molecule has 0 aromatic rings. The van der Waals surface area contributed by atoms with Crippen molar-refractivity contribution in [3.8, 4) is 0 Å². The van der Waals surface area contributed by atoms with Crippen LogP contribution in [-0.2, 0) is 83.3 Å². The molecule has 0 aliphatic heterocycles. The van der Waals surface area contributed by atoms with E-state index in [0.29, 0.717) is 104 Å². The molecule has 4 unspecified atom stereocenters. The van der Waals surface area contributed by atoms with Gasteiger partial charge in [0.1, 0.15) is 0 Å². The molecule has 0 saturated carbocycles. The SMILES string of the molecule is CCCCOC(CC(CC)C(=O)[O-])OCCCC.CCCCOC(CC(CC)C(=O)[O-])OCCCC.CCCCOC(CC(CC)C(=O)[O-])OCCCC.CCCCOC(CC(CC)C(=O)[O-])OCCCC.[Zr+4]. The maximum atomic E-state index is 10.9. The zero-order valence-corrected chi connectivity index (χ0v) is 50.7. The fraction of sp³-hybridized carbons (Fsp3) is 0.929. The van der Waals surface area contributed by atoms with Gasteiger partial charge in [0.25, 0.3) is 0 Å². The molecule has 432 valence electrons. The number of hydrogen-bond acceptors (Lipinski definition) is 16. The first-order valence-electron chi connectivity index (χ1n) is 28.4. The molecule has 0 heterocycles. The zero-order chi connectivity index (χ0) is 55.2. The number of carbonyl (C=O) groups is 4. The van der Waals surface area contributed by atoms with Crippen LogP contribution in [0.3, 0.4) is 0 Å². The molecule has 0 N–H and O–H groups in total. The van der Waals surface area contributed by atoms with Gasteiger partial charge in [0, 0.05) is 126 Å². The Morgan fingerprint density at radius 1 is 0.274 bits per heavy atom. The van der Waals surface area contributed by atoms with Gasteiger partial charge in [-0.3, -0.25) is 0 Å². The molecule has 0 bridgehead atoms. The van der Waals surface area contributed by atoms with E-state index < -0.39 is 72.7 Å². The molecular formula is C56H108O16Zr. The normalized spacial score (nSPS) is 12.7. The molecule has 73 heavy (non-hydrogen) atoms. The molecule has 0 fully saturated rings. The number of rotatable bonds is 48. The van der Waals surface area contributed by atoms with Crippen LogP contribution in [0.2, 0.25) is 0 Å². The van der Waals surface area contributed by atoms with E-state index >= 15 is 0 Å². The topological polar surface area (TPSA) is 234 Å². The van der Waals surface area contributed by atoms with E-state index in [1.54, 1.807) is 0 Å². The van der Waals surface area contributed by atoms with Crippen molar-refractivity contribution in [3.63, 3.8) is 0 Å². The summed E-state index contributed by atoms with van der Waals surface area (Å²) in [6.07, 6.45) is 18.3. The van der Waals surface area contributed by atoms with Crippen molar-refractivity contribution in [2.75, 3.05) is 52.9 Å². The maximum Gasteiger partial charge on any atom is 4.00 e. The number of hydrogen-bond donors (Lipinski definition) is 0. The third-order valence-corrected chi connectivity index (χ3v) is 11.6. The summed E-state index contributed by atoms with van der Waals surface area (Å²) in [6, 6.07) is 0. The molecular weight excluding hydrogens is 1020 g/mol. The van der Waals surface area contributed by atoms with Gasteiger partial charge in [0.2, 0.25) is 0 Å². The van der Waals surface area contributed by atoms with Crippen molar-refractivity contribution >= 4 is 23.9 Å². The van der Waals surface area contributed by atoms with Crippen LogP contribution in [0, 0.1) is 23.7 Å². The van der Waals surface area contributed by atoms with Gasteiger partial charge in [-0.2, -0.15) is 0 Å². The molecule has 0 rings (SSSR count). The molecule has 0 aliphatic carbocycles. The van der Waals surface area contributed by atoms with E-state index in [4.69, 9.17) is 37.9 Å². The van der Waals surface area contributed by atoms with Crippen LogP contribution in [0.25, 0.3) is 0 Å². The number of carbonyl (C=O) groups excluding carboxylic acids is 4. The summed E-state index contributed by atoms with van der Waals surface area (Å²) in [5.41, 5.74) is 0. The van der Waals surface area contributed by atoms with Crippen LogP contribution in [0.15, 0.2) is 0 Å². The standard InChI is InChI=1S/4C14H28O4.Zr/c4*1-4-7-9-17-13(18-10-8-5-2)11-12(6-3)14(15)16;/h4*12-13H,4-11H2,1-3H3,(H,15,16);/q;;;;+4/p-4. The first kappa shape index (κ1) is 80.3. The van der Waals surface area contributed by atoms with E-state index in [2.05, 4.69) is 55.4 Å². The van der Waals surface area contributed by atoms with Crippen molar-refractivity contribution in [2.45, 2.75) is 262 Å². The fourth-order valence-corrected chi connectivity index (χ4v) is 6.26. The van der Waals surface area contributed by atoms with E-state index in [1.807, 2.05) is 27.7 Å². The second-order valence-electron chi connectivity index (χ2n) is 18.2. The number of unbranched alkanes of at least 4 members (excludes halogenated alkanes) is 8. The summed E-state index contributed by atoms with van der Waals surface area (Å²) in [5, 5.41) is 43.6. The molecule has 16 nitrogen and oxygen atoms in total. The van der Waals surface area contributed by atoms with Crippen molar-refractivity contribution in [2.24, 2.45) is 23.7 Å². The van der Waals surface area contributed by atoms with Crippen LogP contribution < -0.4 is 20.4 Å². The van der Waals surface area contributed by atoms with Gasteiger partial charge >= 0.3 is 26.2 Å². The Hall–Kier alpha value is -1.56. The average Bonchev–Trinajstić information content (AvgIpc) is 3.35. The van der Waals surface area contributed by atoms with Gasteiger partial charge in [-0.25, -0.2) is 0 Å². The first-order valence-corrected chi connectivity index (χ1v) is 28.4. The molecule has 0 aliphatic rings. The van der Waals surface area contributed by atoms with Crippen LogP contribution >= 0.6 is 0 Å². The number of carboxylic acids is 4. The van der Waals surface area contributed by atoms with Gasteiger partial charge < -0.3 is 77.5 Å². The number of carboxylic acid groups (broad SMARTS) is 4. The van der Waals surface area contributed by atoms with E-state index in [0.717, 1.165) is 103 Å². The van der Waals surface area contributed by atoms with Crippen molar-refractivity contribution < 1.29 is 104 Å². The van der Waals surface area contributed by atoms with E-state index in [9.17, 15) is 39.6 Å². The number of ether oxygens (including phenoxy) is 8. The van der Waals surface area contributed by atoms with E-state index in [1.165, 1.54) is 0 Å². The van der Waals surface area contributed by atoms with Crippen LogP contribution in [-0.4, -0.2) is 102 Å². The largest absolute Gasteiger partial charge is 4.00 e. The Morgan fingerprint density at radius 2 is 0.397 bits per heavy atom. The molecule has 0 spiro atoms. The minimum Gasteiger partial charge on any atom is -0.550 e. The Balaban J connectivity index is -0.000000280. The smallest absolute Gasteiger partial charge is 0.550 e. The minimum atomic E-state index is -1.01. The van der Waals surface area contributed by atoms with Gasteiger partial charge in [0.15, 0.2) is 25.2 Å². The summed E-state index contributed by atoms with van der Waals surface area (Å²) >= 11 is 0. The predicted molar refractivity (Wildman–Crippen MR) is 276 cm³/mol. The first-order chi connectivity index (χ1) is 34.6. The molecule has 0 saturated heterocycles. The molecule has 0 aromatic carbocycles. The predicted octanol–water partition coefficient (Wildman–Crippen LogP) is 8.45. The summed E-state index contributed by atoms with van der Waals surface area (Å²) < 4.78 is 44.8. The second kappa shape index (κ2) is 61.3. The van der Waals surface area contributed by atoms with Crippen molar-refractivity contribution in [3.05, 3.63) is 0 Å². The average molecular weight is 1130 g/mol. The fourth-order valence-electron chi connectivity index (χ4n) is 6.26. The second-order valence-corrected chi connectivity index (χ2v) is 18.2. The summed E-state index contributed by atoms with van der Waals surface area (Å²) in [6.45, 7) is 29.1. The van der Waals surface area contributed by atoms with Gasteiger partial charge in [-0.15, -0.1) is 0 Å². The molecule has 0 radical (unpaired) electrons. The number of aliphatic carboxylic acids is 4. The summed E-state index contributed by atoms with van der Waals surface area (Å²) in [4.78, 5) is 43.6. The Labute approximate surface area is 464 Å². The quantitative estimate of drug-likeness (QED) is 0.0410. The third kappa shape index (κ3) is 53.6. The van der Waals surface area contributed by atoms with Gasteiger partial charge in [-0.1, -0.05) is 134 Å². The van der Waals surface area contributed by atoms with Crippen LogP contribution in [0.4, 0.5) is 0 Å². The zero-order valence-electron chi connectivity index (χ0n) is 48.3. The molecule has 4 atom stereocenters. The van der Waals surface area contributed by atoms with Gasteiger partial charge in [0.05, 0.1) is 0 Å². The summed E-state index contributed by atoms with van der Waals surface area (Å²) in [7, 11) is 0. The Bertz CT molecular complexity index is 968. The summed E-state index contributed by atoms with van der Waals surface area (Å²) in [5.74, 6) is -6.00. The monoisotopic (exact) mass is 1130 g/mol. The molecule has 0 amide bonds. The van der Waals surface area contributed by atoms with Gasteiger partial charge in [-0.05, 0) is 77.0 Å². The minimum absolute atomic E-state index is 0. The maximum absolute atomic E-state index is 10.9. The molecule has 0 aromatic heterocycles. The Kier molecular flexibility index (Phi) is 67.4. The van der Waals surface area contributed by atoms with Crippen LogP contribution in [0.5, 0.6) is 0 Å². The van der Waals surface area contributed by atoms with Crippen LogP contribution in [0.1, 0.15) is 237 Å². The Morgan fingerprint density at radius 3 is 0.479 bits per heavy atom.